The van der Waals surface area contributed by atoms with Gasteiger partial charge in [-0.2, -0.15) is 0 Å². The fraction of sp³-hybridized carbons (Fsp3) is 0.500. The molecule has 0 aliphatic rings. The third-order valence-electron chi connectivity index (χ3n) is 2.85. The number of rotatable bonds is 7. The van der Waals surface area contributed by atoms with Crippen molar-refractivity contribution in [3.05, 3.63) is 23.8 Å². The molecule has 6 nitrogen and oxygen atoms in total. The largest absolute Gasteiger partial charge is 0.493 e. The minimum Gasteiger partial charge on any atom is -0.493 e. The first-order valence-electron chi connectivity index (χ1n) is 6.34. The van der Waals surface area contributed by atoms with Crippen molar-refractivity contribution in [3.8, 4) is 11.5 Å². The molecule has 0 aliphatic heterocycles. The molecule has 0 saturated heterocycles. The van der Waals surface area contributed by atoms with E-state index in [1.165, 1.54) is 7.11 Å². The fourth-order valence-electron chi connectivity index (χ4n) is 1.79. The summed E-state index contributed by atoms with van der Waals surface area (Å²) in [6, 6.07) is 4.57. The Balaban J connectivity index is 2.75. The summed E-state index contributed by atoms with van der Waals surface area (Å²) in [5, 5.41) is 9.75. The van der Waals surface area contributed by atoms with Gasteiger partial charge in [-0.1, -0.05) is 6.07 Å². The predicted molar refractivity (Wildman–Crippen MR) is 73.9 cm³/mol. The second-order valence-electron chi connectivity index (χ2n) is 4.25. The number of hydrogen-bond acceptors (Lipinski definition) is 6. The number of hydrogen-bond donors (Lipinski definition) is 2. The number of benzene rings is 1. The first-order chi connectivity index (χ1) is 9.53. The number of aliphatic hydroxyl groups excluding tert-OH is 1. The molecule has 0 aromatic heterocycles. The molecule has 1 aromatic carbocycles. The zero-order valence-corrected chi connectivity index (χ0v) is 12.0. The van der Waals surface area contributed by atoms with Crippen LogP contribution in [0.5, 0.6) is 11.5 Å². The number of aliphatic hydroxyl groups is 1. The average molecular weight is 283 g/mol. The smallest absolute Gasteiger partial charge is 0.336 e. The van der Waals surface area contributed by atoms with Gasteiger partial charge in [0.25, 0.3) is 0 Å². The molecule has 0 bridgehead atoms. The normalized spacial score (nSPS) is 13.4. The van der Waals surface area contributed by atoms with E-state index in [4.69, 9.17) is 19.9 Å². The maximum absolute atomic E-state index is 11.4. The van der Waals surface area contributed by atoms with Crippen LogP contribution in [-0.4, -0.2) is 44.0 Å². The second-order valence-corrected chi connectivity index (χ2v) is 4.25. The maximum atomic E-state index is 11.4. The van der Waals surface area contributed by atoms with Crippen LogP contribution in [0.2, 0.25) is 0 Å². The monoisotopic (exact) mass is 283 g/mol. The van der Waals surface area contributed by atoms with Gasteiger partial charge < -0.3 is 25.1 Å². The molecule has 1 rings (SSSR count). The number of carbonyl (C=O) groups is 1. The molecular weight excluding hydrogens is 262 g/mol. The van der Waals surface area contributed by atoms with Gasteiger partial charge in [0.15, 0.2) is 17.6 Å². The van der Waals surface area contributed by atoms with E-state index < -0.39 is 18.1 Å². The zero-order chi connectivity index (χ0) is 15.1. The Kier molecular flexibility index (Phi) is 6.27. The van der Waals surface area contributed by atoms with Gasteiger partial charge in [-0.25, -0.2) is 4.79 Å². The Morgan fingerprint density at radius 3 is 2.50 bits per heavy atom. The van der Waals surface area contributed by atoms with Crippen molar-refractivity contribution < 1.29 is 24.1 Å². The highest BCUT2D eigenvalue weighted by atomic mass is 16.5. The average Bonchev–Trinajstić information content (AvgIpc) is 2.46. The second kappa shape index (κ2) is 7.72. The number of nitrogens with two attached hydrogens (primary N) is 1. The summed E-state index contributed by atoms with van der Waals surface area (Å²) in [4.78, 5) is 11.4. The summed E-state index contributed by atoms with van der Waals surface area (Å²) >= 11 is 0. The summed E-state index contributed by atoms with van der Waals surface area (Å²) in [6.45, 7) is 1.88. The number of esters is 1. The van der Waals surface area contributed by atoms with Gasteiger partial charge in [0.05, 0.1) is 20.8 Å². The number of carbonyl (C=O) groups excluding carboxylic acids is 1. The van der Waals surface area contributed by atoms with Gasteiger partial charge in [-0.15, -0.1) is 0 Å². The molecule has 2 atom stereocenters. The molecule has 1 aromatic rings. The molecule has 20 heavy (non-hydrogen) atoms. The molecule has 112 valence electrons. The highest BCUT2D eigenvalue weighted by Gasteiger charge is 2.24. The van der Waals surface area contributed by atoms with Crippen molar-refractivity contribution in [1.82, 2.24) is 0 Å². The van der Waals surface area contributed by atoms with Crippen molar-refractivity contribution in [3.63, 3.8) is 0 Å². The van der Waals surface area contributed by atoms with E-state index >= 15 is 0 Å². The molecular formula is C14H21NO5. The highest BCUT2D eigenvalue weighted by molar-refractivity contribution is 5.75. The molecule has 0 heterocycles. The van der Waals surface area contributed by atoms with Gasteiger partial charge >= 0.3 is 5.97 Å². The van der Waals surface area contributed by atoms with E-state index in [1.54, 1.807) is 32.2 Å². The summed E-state index contributed by atoms with van der Waals surface area (Å²) in [5.41, 5.74) is 6.65. The molecule has 3 N–H and O–H groups in total. The van der Waals surface area contributed by atoms with Crippen LogP contribution in [0.1, 0.15) is 12.5 Å². The van der Waals surface area contributed by atoms with E-state index in [0.717, 1.165) is 5.56 Å². The Bertz CT molecular complexity index is 449. The molecule has 0 aliphatic carbocycles. The lowest BCUT2D eigenvalue weighted by atomic mass is 10.0. The van der Waals surface area contributed by atoms with Gasteiger partial charge in [0.1, 0.15) is 0 Å². The predicted octanol–water partition coefficient (Wildman–Crippen LogP) is 0.498. The van der Waals surface area contributed by atoms with E-state index in [1.807, 2.05) is 0 Å². The van der Waals surface area contributed by atoms with Crippen molar-refractivity contribution in [1.29, 1.82) is 0 Å². The minimum absolute atomic E-state index is 0.207. The van der Waals surface area contributed by atoms with Crippen LogP contribution in [0.3, 0.4) is 0 Å². The van der Waals surface area contributed by atoms with Gasteiger partial charge in [-0.3, -0.25) is 0 Å². The summed E-state index contributed by atoms with van der Waals surface area (Å²) in [6.07, 6.45) is -1.02. The third-order valence-corrected chi connectivity index (χ3v) is 2.85. The minimum atomic E-state index is -1.34. The Hall–Kier alpha value is -1.79. The van der Waals surface area contributed by atoms with E-state index in [2.05, 4.69) is 0 Å². The van der Waals surface area contributed by atoms with Gasteiger partial charge in [0.2, 0.25) is 0 Å². The lowest BCUT2D eigenvalue weighted by molar-refractivity contribution is -0.154. The summed E-state index contributed by atoms with van der Waals surface area (Å²) < 4.78 is 15.0. The van der Waals surface area contributed by atoms with Crippen molar-refractivity contribution in [2.24, 2.45) is 5.73 Å². The van der Waals surface area contributed by atoms with Crippen LogP contribution >= 0.6 is 0 Å². The highest BCUT2D eigenvalue weighted by Crippen LogP contribution is 2.28. The van der Waals surface area contributed by atoms with Crippen molar-refractivity contribution in [2.45, 2.75) is 25.5 Å². The van der Waals surface area contributed by atoms with Crippen molar-refractivity contribution in [2.75, 3.05) is 20.8 Å². The molecule has 0 spiro atoms. The van der Waals surface area contributed by atoms with Crippen LogP contribution in [0, 0.1) is 0 Å². The first-order valence-corrected chi connectivity index (χ1v) is 6.34. The Labute approximate surface area is 118 Å². The van der Waals surface area contributed by atoms with Crippen LogP contribution in [0.25, 0.3) is 0 Å². The maximum Gasteiger partial charge on any atom is 0.336 e. The topological polar surface area (TPSA) is 91.0 Å². The van der Waals surface area contributed by atoms with Crippen LogP contribution in [0.4, 0.5) is 0 Å². The lowest BCUT2D eigenvalue weighted by Gasteiger charge is -2.18. The molecule has 0 fully saturated rings. The molecule has 0 amide bonds. The molecule has 0 radical (unpaired) electrons. The lowest BCUT2D eigenvalue weighted by Crippen LogP contribution is -2.42. The SMILES string of the molecule is CCOC(=O)C(O)C(N)Cc1ccc(OC)c(OC)c1. The van der Waals surface area contributed by atoms with Crippen LogP contribution in [-0.2, 0) is 16.0 Å². The van der Waals surface area contributed by atoms with Crippen molar-refractivity contribution >= 4 is 5.97 Å². The van der Waals surface area contributed by atoms with E-state index in [0.29, 0.717) is 17.9 Å². The van der Waals surface area contributed by atoms with E-state index in [-0.39, 0.29) is 6.61 Å². The molecule has 2 unspecified atom stereocenters. The summed E-state index contributed by atoms with van der Waals surface area (Å²) in [7, 11) is 3.09. The third kappa shape index (κ3) is 4.11. The fourth-order valence-corrected chi connectivity index (χ4v) is 1.79. The number of ether oxygens (including phenoxy) is 3. The Morgan fingerprint density at radius 2 is 1.95 bits per heavy atom. The zero-order valence-electron chi connectivity index (χ0n) is 12.0. The first kappa shape index (κ1) is 16.3. The van der Waals surface area contributed by atoms with E-state index in [9.17, 15) is 9.90 Å². The quantitative estimate of drug-likeness (QED) is 0.708. The van der Waals surface area contributed by atoms with Gasteiger partial charge in [0, 0.05) is 6.04 Å². The molecule has 6 heteroatoms. The summed E-state index contributed by atoms with van der Waals surface area (Å²) in [5.74, 6) is 0.471. The standard InChI is InChI=1S/C14H21NO5/c1-4-20-14(17)13(16)10(15)7-9-5-6-11(18-2)12(8-9)19-3/h5-6,8,10,13,16H,4,7,15H2,1-3H3. The van der Waals surface area contributed by atoms with Crippen LogP contribution in [0.15, 0.2) is 18.2 Å². The van der Waals surface area contributed by atoms with Gasteiger partial charge in [-0.05, 0) is 31.0 Å². The Morgan fingerprint density at radius 1 is 1.30 bits per heavy atom. The van der Waals surface area contributed by atoms with Crippen LogP contribution < -0.4 is 15.2 Å². The molecule has 0 saturated carbocycles. The number of methoxy groups -OCH3 is 2.